The molecule has 1 rings (SSSR count). The number of rotatable bonds is 8. The van der Waals surface area contributed by atoms with E-state index in [-0.39, 0.29) is 31.8 Å². The summed E-state index contributed by atoms with van der Waals surface area (Å²) in [7, 11) is 0. The standard InChI is InChI=1S/C15H20O6/c1-10-6-11(8-16)15(20)12(7-10)9-21-14(19)5-3-2-4-13(17)18/h6-7,16,20H,2-5,8-9H2,1H3,(H,17,18). The number of hydrogen-bond donors (Lipinski definition) is 3. The van der Waals surface area contributed by atoms with Gasteiger partial charge in [-0.25, -0.2) is 0 Å². The third kappa shape index (κ3) is 5.83. The van der Waals surface area contributed by atoms with Crippen molar-refractivity contribution in [2.75, 3.05) is 0 Å². The van der Waals surface area contributed by atoms with Gasteiger partial charge in [-0.1, -0.05) is 11.6 Å². The number of esters is 1. The van der Waals surface area contributed by atoms with Gasteiger partial charge in [0.2, 0.25) is 0 Å². The number of aliphatic hydroxyl groups is 1. The van der Waals surface area contributed by atoms with Crippen molar-refractivity contribution in [3.63, 3.8) is 0 Å². The van der Waals surface area contributed by atoms with E-state index in [2.05, 4.69) is 0 Å². The van der Waals surface area contributed by atoms with E-state index in [1.165, 1.54) is 0 Å². The Hall–Kier alpha value is -2.08. The maximum atomic E-state index is 11.5. The number of aryl methyl sites for hydroxylation is 1. The van der Waals surface area contributed by atoms with Crippen LogP contribution in [0.2, 0.25) is 0 Å². The molecule has 0 aliphatic heterocycles. The first-order chi connectivity index (χ1) is 9.93. The topological polar surface area (TPSA) is 104 Å². The summed E-state index contributed by atoms with van der Waals surface area (Å²) in [6, 6.07) is 3.35. The Balaban J connectivity index is 2.46. The summed E-state index contributed by atoms with van der Waals surface area (Å²) in [4.78, 5) is 21.8. The second kappa shape index (κ2) is 8.26. The molecule has 0 saturated carbocycles. The van der Waals surface area contributed by atoms with Gasteiger partial charge in [0.25, 0.3) is 0 Å². The van der Waals surface area contributed by atoms with Crippen molar-refractivity contribution in [3.8, 4) is 5.75 Å². The molecule has 0 amide bonds. The van der Waals surface area contributed by atoms with Crippen molar-refractivity contribution in [2.24, 2.45) is 0 Å². The number of aliphatic carboxylic acids is 1. The lowest BCUT2D eigenvalue weighted by atomic mass is 10.1. The van der Waals surface area contributed by atoms with E-state index in [0.29, 0.717) is 24.0 Å². The van der Waals surface area contributed by atoms with Crippen LogP contribution in [0.25, 0.3) is 0 Å². The zero-order valence-electron chi connectivity index (χ0n) is 12.0. The van der Waals surface area contributed by atoms with Gasteiger partial charge in [-0.15, -0.1) is 0 Å². The summed E-state index contributed by atoms with van der Waals surface area (Å²) in [5.74, 6) is -1.39. The SMILES string of the molecule is Cc1cc(CO)c(O)c(COC(=O)CCCCC(=O)O)c1. The van der Waals surface area contributed by atoms with Gasteiger partial charge < -0.3 is 20.1 Å². The van der Waals surface area contributed by atoms with Gasteiger partial charge in [0.15, 0.2) is 0 Å². The van der Waals surface area contributed by atoms with Gasteiger partial charge in [0.05, 0.1) is 6.61 Å². The van der Waals surface area contributed by atoms with Crippen molar-refractivity contribution in [1.29, 1.82) is 0 Å². The Morgan fingerprint density at radius 2 is 1.76 bits per heavy atom. The quantitative estimate of drug-likeness (QED) is 0.500. The highest BCUT2D eigenvalue weighted by molar-refractivity contribution is 5.70. The molecule has 0 unspecified atom stereocenters. The second-order valence-corrected chi connectivity index (χ2v) is 4.85. The minimum atomic E-state index is -0.885. The summed E-state index contributed by atoms with van der Waals surface area (Å²) in [6.07, 6.45) is 1.06. The Kier molecular flexibility index (Phi) is 6.68. The van der Waals surface area contributed by atoms with Crippen LogP contribution in [0.3, 0.4) is 0 Å². The minimum absolute atomic E-state index is 0.0335. The van der Waals surface area contributed by atoms with Crippen molar-refractivity contribution in [3.05, 3.63) is 28.8 Å². The molecule has 6 heteroatoms. The van der Waals surface area contributed by atoms with Gasteiger partial charge >= 0.3 is 11.9 Å². The van der Waals surface area contributed by atoms with Crippen LogP contribution < -0.4 is 0 Å². The Bertz CT molecular complexity index is 509. The van der Waals surface area contributed by atoms with E-state index < -0.39 is 11.9 Å². The molecule has 0 aromatic heterocycles. The normalized spacial score (nSPS) is 10.4. The molecule has 0 saturated heterocycles. The monoisotopic (exact) mass is 296 g/mol. The molecule has 0 bridgehead atoms. The van der Waals surface area contributed by atoms with E-state index in [1.807, 2.05) is 6.92 Å². The molecule has 21 heavy (non-hydrogen) atoms. The minimum Gasteiger partial charge on any atom is -0.507 e. The molecule has 3 N–H and O–H groups in total. The number of carbonyl (C=O) groups is 2. The van der Waals surface area contributed by atoms with E-state index in [4.69, 9.17) is 14.9 Å². The van der Waals surface area contributed by atoms with Crippen molar-refractivity contribution < 1.29 is 29.6 Å². The lowest BCUT2D eigenvalue weighted by molar-refractivity contribution is -0.145. The molecular weight excluding hydrogens is 276 g/mol. The highest BCUT2D eigenvalue weighted by Gasteiger charge is 2.11. The molecule has 0 radical (unpaired) electrons. The molecular formula is C15H20O6. The van der Waals surface area contributed by atoms with Gasteiger partial charge in [0, 0.05) is 24.0 Å². The number of phenols is 1. The average Bonchev–Trinajstić information content (AvgIpc) is 2.43. The molecule has 0 aliphatic rings. The first kappa shape index (κ1) is 17.0. The largest absolute Gasteiger partial charge is 0.507 e. The predicted octanol–water partition coefficient (Wildman–Crippen LogP) is 1.88. The molecule has 0 heterocycles. The second-order valence-electron chi connectivity index (χ2n) is 4.85. The van der Waals surface area contributed by atoms with Gasteiger partial charge in [0.1, 0.15) is 12.4 Å². The summed E-state index contributed by atoms with van der Waals surface area (Å²) in [5.41, 5.74) is 1.69. The summed E-state index contributed by atoms with van der Waals surface area (Å²) >= 11 is 0. The molecule has 116 valence electrons. The molecule has 0 atom stereocenters. The molecule has 1 aromatic carbocycles. The predicted molar refractivity (Wildman–Crippen MR) is 74.7 cm³/mol. The summed E-state index contributed by atoms with van der Waals surface area (Å²) in [6.45, 7) is 1.46. The number of carboxylic acids is 1. The van der Waals surface area contributed by atoms with Crippen molar-refractivity contribution >= 4 is 11.9 Å². The van der Waals surface area contributed by atoms with Crippen LogP contribution in [0.5, 0.6) is 5.75 Å². The van der Waals surface area contributed by atoms with Crippen LogP contribution in [-0.4, -0.2) is 27.3 Å². The maximum Gasteiger partial charge on any atom is 0.306 e. The zero-order chi connectivity index (χ0) is 15.8. The van der Waals surface area contributed by atoms with Crippen molar-refractivity contribution in [1.82, 2.24) is 0 Å². The maximum absolute atomic E-state index is 11.5. The van der Waals surface area contributed by atoms with E-state index in [0.717, 1.165) is 5.56 Å². The Morgan fingerprint density at radius 1 is 1.14 bits per heavy atom. The molecule has 0 aliphatic carbocycles. The van der Waals surface area contributed by atoms with Crippen molar-refractivity contribution in [2.45, 2.75) is 45.8 Å². The third-order valence-corrected chi connectivity index (χ3v) is 2.99. The summed E-state index contributed by atoms with van der Waals surface area (Å²) < 4.78 is 5.04. The zero-order valence-corrected chi connectivity index (χ0v) is 12.0. The van der Waals surface area contributed by atoms with Crippen LogP contribution in [-0.2, 0) is 27.5 Å². The average molecular weight is 296 g/mol. The van der Waals surface area contributed by atoms with Gasteiger partial charge in [-0.2, -0.15) is 0 Å². The number of benzene rings is 1. The number of unbranched alkanes of at least 4 members (excludes halogenated alkanes) is 1. The van der Waals surface area contributed by atoms with Crippen LogP contribution in [0.1, 0.15) is 42.4 Å². The Labute approximate surface area is 123 Å². The fraction of sp³-hybridized carbons (Fsp3) is 0.467. The number of ether oxygens (including phenoxy) is 1. The number of aromatic hydroxyl groups is 1. The molecule has 6 nitrogen and oxygen atoms in total. The van der Waals surface area contributed by atoms with Crippen LogP contribution >= 0.6 is 0 Å². The fourth-order valence-corrected chi connectivity index (χ4v) is 1.94. The Morgan fingerprint density at radius 3 is 2.38 bits per heavy atom. The first-order valence-corrected chi connectivity index (χ1v) is 6.73. The fourth-order valence-electron chi connectivity index (χ4n) is 1.94. The molecule has 0 spiro atoms. The van der Waals surface area contributed by atoms with Crippen LogP contribution in [0.15, 0.2) is 12.1 Å². The lowest BCUT2D eigenvalue weighted by Gasteiger charge is -2.10. The lowest BCUT2D eigenvalue weighted by Crippen LogP contribution is -2.06. The molecule has 0 fully saturated rings. The third-order valence-electron chi connectivity index (χ3n) is 2.99. The first-order valence-electron chi connectivity index (χ1n) is 6.73. The molecule has 1 aromatic rings. The van der Waals surface area contributed by atoms with Crippen LogP contribution in [0, 0.1) is 6.92 Å². The highest BCUT2D eigenvalue weighted by atomic mass is 16.5. The van der Waals surface area contributed by atoms with Gasteiger partial charge in [-0.3, -0.25) is 9.59 Å². The van der Waals surface area contributed by atoms with E-state index in [1.54, 1.807) is 12.1 Å². The number of carboxylic acid groups (broad SMARTS) is 1. The smallest absolute Gasteiger partial charge is 0.306 e. The van der Waals surface area contributed by atoms with E-state index in [9.17, 15) is 14.7 Å². The summed E-state index contributed by atoms with van der Waals surface area (Å²) in [5, 5.41) is 27.5. The van der Waals surface area contributed by atoms with Crippen LogP contribution in [0.4, 0.5) is 0 Å². The number of hydrogen-bond acceptors (Lipinski definition) is 5. The number of aliphatic hydroxyl groups excluding tert-OH is 1. The van der Waals surface area contributed by atoms with Gasteiger partial charge in [-0.05, 0) is 25.8 Å². The number of carbonyl (C=O) groups excluding carboxylic acids is 1. The van der Waals surface area contributed by atoms with E-state index >= 15 is 0 Å². The highest BCUT2D eigenvalue weighted by Crippen LogP contribution is 2.25.